The van der Waals surface area contributed by atoms with Crippen LogP contribution in [0, 0.1) is 5.92 Å². The third-order valence-electron chi connectivity index (χ3n) is 5.81. The summed E-state index contributed by atoms with van der Waals surface area (Å²) in [5, 5.41) is 3.52. The lowest BCUT2D eigenvalue weighted by Crippen LogP contribution is -2.53. The Morgan fingerprint density at radius 3 is 2.14 bits per heavy atom. The topological polar surface area (TPSA) is 27.7 Å². The Morgan fingerprint density at radius 1 is 1.00 bits per heavy atom. The van der Waals surface area contributed by atoms with Gasteiger partial charge in [0.1, 0.15) is 0 Å². The van der Waals surface area contributed by atoms with Crippen LogP contribution >= 0.6 is 0 Å². The van der Waals surface area contributed by atoms with E-state index in [4.69, 9.17) is 4.74 Å². The minimum atomic E-state index is -0.0846. The zero-order valence-corrected chi connectivity index (χ0v) is 14.5. The average Bonchev–Trinajstić information content (AvgIpc) is 3.19. The fourth-order valence-corrected chi connectivity index (χ4v) is 4.61. The molecule has 2 atom stereocenters. The van der Waals surface area contributed by atoms with Crippen molar-refractivity contribution in [1.29, 1.82) is 0 Å². The second kappa shape index (κ2) is 5.48. The van der Waals surface area contributed by atoms with Gasteiger partial charge in [0.15, 0.2) is 0 Å². The molecular weight excluding hydrogens is 262 g/mol. The van der Waals surface area contributed by atoms with Crippen molar-refractivity contribution in [2.24, 2.45) is 5.92 Å². The van der Waals surface area contributed by atoms with Crippen molar-refractivity contribution >= 4 is 0 Å². The van der Waals surface area contributed by atoms with E-state index in [0.717, 1.165) is 12.6 Å². The summed E-state index contributed by atoms with van der Waals surface area (Å²) in [5.74, 6) is 0.546. The predicted octanol–water partition coefficient (Wildman–Crippen LogP) is 1.56. The van der Waals surface area contributed by atoms with E-state index in [1.54, 1.807) is 0 Å². The summed E-state index contributed by atoms with van der Waals surface area (Å²) in [4.78, 5) is 5.34. The molecule has 3 aliphatic rings. The molecule has 1 N–H and O–H groups in total. The van der Waals surface area contributed by atoms with E-state index in [-0.39, 0.29) is 11.2 Å². The summed E-state index contributed by atoms with van der Waals surface area (Å²) >= 11 is 0. The molecule has 2 aliphatic heterocycles. The number of piperazine rings is 1. The van der Waals surface area contributed by atoms with Crippen LogP contribution < -0.4 is 5.32 Å². The van der Waals surface area contributed by atoms with Crippen LogP contribution in [0.4, 0.5) is 0 Å². The Morgan fingerprint density at radius 2 is 1.62 bits per heavy atom. The van der Waals surface area contributed by atoms with Crippen LogP contribution in [0.2, 0.25) is 0 Å². The first-order valence-electron chi connectivity index (χ1n) is 8.67. The number of rotatable bonds is 4. The first-order valence-corrected chi connectivity index (χ1v) is 8.67. The molecule has 0 radical (unpaired) electrons. The number of likely N-dealkylation sites (N-methyl/N-ethyl adjacent to an activating group) is 1. The lowest BCUT2D eigenvalue weighted by molar-refractivity contribution is -0.0800. The van der Waals surface area contributed by atoms with Crippen LogP contribution in [0.15, 0.2) is 0 Å². The van der Waals surface area contributed by atoms with Gasteiger partial charge in [0.25, 0.3) is 0 Å². The van der Waals surface area contributed by atoms with E-state index in [9.17, 15) is 0 Å². The molecule has 0 aromatic heterocycles. The standard InChI is InChI=1S/C17H33N3O/c1-16(2)14(15(18-5)17(3,4)21-16)12-19-8-10-20(11-9-19)13-6-7-13/h13-15,18H,6-12H2,1-5H3. The Balaban J connectivity index is 1.60. The highest BCUT2D eigenvalue weighted by molar-refractivity contribution is 5.06. The zero-order chi connectivity index (χ0) is 15.3. The summed E-state index contributed by atoms with van der Waals surface area (Å²) in [6, 6.07) is 1.34. The highest BCUT2D eigenvalue weighted by atomic mass is 16.5. The van der Waals surface area contributed by atoms with Gasteiger partial charge in [-0.25, -0.2) is 0 Å². The fourth-order valence-electron chi connectivity index (χ4n) is 4.61. The number of nitrogens with zero attached hydrogens (tertiary/aromatic N) is 2. The normalized spacial score (nSPS) is 37.0. The molecule has 2 saturated heterocycles. The summed E-state index contributed by atoms with van der Waals surface area (Å²) in [5.41, 5.74) is -0.135. The summed E-state index contributed by atoms with van der Waals surface area (Å²) in [6.07, 6.45) is 2.86. The smallest absolute Gasteiger partial charge is 0.0790 e. The minimum absolute atomic E-state index is 0.0508. The van der Waals surface area contributed by atoms with Gasteiger partial charge < -0.3 is 15.0 Å². The van der Waals surface area contributed by atoms with E-state index in [0.29, 0.717) is 12.0 Å². The van der Waals surface area contributed by atoms with E-state index in [2.05, 4.69) is 49.9 Å². The molecule has 1 aliphatic carbocycles. The maximum absolute atomic E-state index is 6.36. The molecule has 4 heteroatoms. The molecule has 0 amide bonds. The Bertz CT molecular complexity index is 370. The van der Waals surface area contributed by atoms with Crippen molar-refractivity contribution in [1.82, 2.24) is 15.1 Å². The summed E-state index contributed by atoms with van der Waals surface area (Å²) in [6.45, 7) is 15.1. The SMILES string of the molecule is CNC1C(CN2CCN(C3CC3)CC2)C(C)(C)OC1(C)C. The first-order chi connectivity index (χ1) is 9.83. The number of hydrogen-bond donors (Lipinski definition) is 1. The third kappa shape index (κ3) is 3.14. The Labute approximate surface area is 130 Å². The maximum atomic E-state index is 6.36. The number of ether oxygens (including phenoxy) is 1. The van der Waals surface area contributed by atoms with Crippen LogP contribution in [0.5, 0.6) is 0 Å². The number of nitrogens with one attached hydrogen (secondary N) is 1. The molecule has 3 fully saturated rings. The maximum Gasteiger partial charge on any atom is 0.0790 e. The quantitative estimate of drug-likeness (QED) is 0.852. The number of hydrogen-bond acceptors (Lipinski definition) is 4. The summed E-state index contributed by atoms with van der Waals surface area (Å²) in [7, 11) is 2.08. The van der Waals surface area contributed by atoms with Gasteiger partial charge in [-0.2, -0.15) is 0 Å². The van der Waals surface area contributed by atoms with Crippen molar-refractivity contribution < 1.29 is 4.74 Å². The van der Waals surface area contributed by atoms with Gasteiger partial charge in [-0.15, -0.1) is 0 Å². The molecule has 0 spiro atoms. The molecule has 0 aromatic carbocycles. The lowest BCUT2D eigenvalue weighted by Gasteiger charge is -2.39. The molecule has 2 heterocycles. The van der Waals surface area contributed by atoms with E-state index in [1.165, 1.54) is 39.0 Å². The van der Waals surface area contributed by atoms with E-state index < -0.39 is 0 Å². The van der Waals surface area contributed by atoms with Crippen LogP contribution in [-0.2, 0) is 4.74 Å². The van der Waals surface area contributed by atoms with Gasteiger partial charge in [-0.05, 0) is 47.6 Å². The van der Waals surface area contributed by atoms with Gasteiger partial charge in [-0.1, -0.05) is 0 Å². The molecule has 0 bridgehead atoms. The van der Waals surface area contributed by atoms with E-state index >= 15 is 0 Å². The summed E-state index contributed by atoms with van der Waals surface area (Å²) < 4.78 is 6.36. The predicted molar refractivity (Wildman–Crippen MR) is 86.6 cm³/mol. The highest BCUT2D eigenvalue weighted by Crippen LogP contribution is 2.42. The van der Waals surface area contributed by atoms with Crippen molar-refractivity contribution in [3.63, 3.8) is 0 Å². The third-order valence-corrected chi connectivity index (χ3v) is 5.81. The molecular formula is C17H33N3O. The molecule has 4 nitrogen and oxygen atoms in total. The average molecular weight is 295 g/mol. The second-order valence-electron chi connectivity index (χ2n) is 8.25. The van der Waals surface area contributed by atoms with Gasteiger partial charge in [0.2, 0.25) is 0 Å². The Hall–Kier alpha value is -0.160. The fraction of sp³-hybridized carbons (Fsp3) is 1.00. The highest BCUT2D eigenvalue weighted by Gasteiger charge is 2.53. The van der Waals surface area contributed by atoms with Crippen LogP contribution in [0.3, 0.4) is 0 Å². The Kier molecular flexibility index (Phi) is 4.11. The molecule has 21 heavy (non-hydrogen) atoms. The van der Waals surface area contributed by atoms with Crippen molar-refractivity contribution in [3.05, 3.63) is 0 Å². The minimum Gasteiger partial charge on any atom is -0.368 e. The van der Waals surface area contributed by atoms with Crippen molar-refractivity contribution in [3.8, 4) is 0 Å². The molecule has 3 rings (SSSR count). The van der Waals surface area contributed by atoms with Crippen LogP contribution in [0.1, 0.15) is 40.5 Å². The van der Waals surface area contributed by atoms with Gasteiger partial charge in [0, 0.05) is 50.7 Å². The van der Waals surface area contributed by atoms with Gasteiger partial charge in [0.05, 0.1) is 11.2 Å². The molecule has 122 valence electrons. The molecule has 1 saturated carbocycles. The molecule has 2 unspecified atom stereocenters. The largest absolute Gasteiger partial charge is 0.368 e. The zero-order valence-electron chi connectivity index (χ0n) is 14.5. The van der Waals surface area contributed by atoms with Crippen molar-refractivity contribution in [2.45, 2.75) is 63.8 Å². The van der Waals surface area contributed by atoms with Crippen molar-refractivity contribution in [2.75, 3.05) is 39.8 Å². The first kappa shape index (κ1) is 15.7. The monoisotopic (exact) mass is 295 g/mol. The second-order valence-corrected chi connectivity index (χ2v) is 8.25. The lowest BCUT2D eigenvalue weighted by atomic mass is 9.82. The van der Waals surface area contributed by atoms with Crippen LogP contribution in [0.25, 0.3) is 0 Å². The van der Waals surface area contributed by atoms with E-state index in [1.807, 2.05) is 0 Å². The van der Waals surface area contributed by atoms with Gasteiger partial charge in [-0.3, -0.25) is 4.90 Å². The van der Waals surface area contributed by atoms with Gasteiger partial charge >= 0.3 is 0 Å². The molecule has 0 aromatic rings. The van der Waals surface area contributed by atoms with Crippen LogP contribution in [-0.4, -0.2) is 72.9 Å².